The number of tetrazole rings is 1. The fourth-order valence-electron chi connectivity index (χ4n) is 4.35. The molecule has 1 aromatic rings. The van der Waals surface area contributed by atoms with E-state index in [0.29, 0.717) is 25.6 Å². The first-order chi connectivity index (χ1) is 12.7. The maximum absolute atomic E-state index is 12.4. The molecular formula is C18H32N6O2. The molecule has 2 fully saturated rings. The lowest BCUT2D eigenvalue weighted by Gasteiger charge is -2.43. The van der Waals surface area contributed by atoms with Crippen molar-refractivity contribution in [1.82, 2.24) is 30.4 Å². The zero-order valence-electron chi connectivity index (χ0n) is 16.1. The highest BCUT2D eigenvalue weighted by Gasteiger charge is 2.43. The molecule has 1 N–H and O–H groups in total. The number of nitrogens with one attached hydrogen (secondary N) is 1. The Morgan fingerprint density at radius 3 is 2.88 bits per heavy atom. The number of carbonyl (C=O) groups excluding carboxylic acids is 1. The van der Waals surface area contributed by atoms with Crippen LogP contribution in [-0.4, -0.2) is 64.4 Å². The normalized spacial score (nSPS) is 24.3. The number of piperidine rings is 1. The monoisotopic (exact) mass is 364 g/mol. The minimum Gasteiger partial charge on any atom is -0.385 e. The highest BCUT2D eigenvalue weighted by atomic mass is 16.5. The molecule has 1 atom stereocenters. The van der Waals surface area contributed by atoms with Gasteiger partial charge in [0.05, 0.1) is 11.6 Å². The molecule has 146 valence electrons. The third-order valence-corrected chi connectivity index (χ3v) is 5.73. The van der Waals surface area contributed by atoms with E-state index in [4.69, 9.17) is 4.74 Å². The number of ether oxygens (including phenoxy) is 1. The van der Waals surface area contributed by atoms with E-state index in [-0.39, 0.29) is 11.4 Å². The molecule has 2 heterocycles. The van der Waals surface area contributed by atoms with Crippen molar-refractivity contribution >= 4 is 5.91 Å². The number of hydrogen-bond donors (Lipinski definition) is 1. The predicted octanol–water partition coefficient (Wildman–Crippen LogP) is 1.64. The van der Waals surface area contributed by atoms with Crippen molar-refractivity contribution in [2.45, 2.75) is 69.9 Å². The van der Waals surface area contributed by atoms with Crippen LogP contribution in [0.25, 0.3) is 0 Å². The molecule has 8 heteroatoms. The summed E-state index contributed by atoms with van der Waals surface area (Å²) in [4.78, 5) is 14.3. The number of methoxy groups -OCH3 is 1. The molecule has 3 rings (SSSR count). The molecule has 1 saturated heterocycles. The van der Waals surface area contributed by atoms with Crippen LogP contribution in [0.1, 0.15) is 70.2 Å². The summed E-state index contributed by atoms with van der Waals surface area (Å²) >= 11 is 0. The molecule has 8 nitrogen and oxygen atoms in total. The number of amides is 1. The molecule has 1 saturated carbocycles. The van der Waals surface area contributed by atoms with Crippen molar-refractivity contribution in [3.8, 4) is 0 Å². The van der Waals surface area contributed by atoms with Gasteiger partial charge in [0, 0.05) is 33.2 Å². The van der Waals surface area contributed by atoms with Gasteiger partial charge in [-0.15, -0.1) is 5.10 Å². The van der Waals surface area contributed by atoms with Gasteiger partial charge in [0.25, 0.3) is 0 Å². The largest absolute Gasteiger partial charge is 0.385 e. The summed E-state index contributed by atoms with van der Waals surface area (Å²) in [5.74, 6) is 1.10. The Morgan fingerprint density at radius 2 is 2.15 bits per heavy atom. The first kappa shape index (κ1) is 19.2. The van der Waals surface area contributed by atoms with Gasteiger partial charge in [-0.05, 0) is 49.1 Å². The van der Waals surface area contributed by atoms with Gasteiger partial charge >= 0.3 is 0 Å². The Bertz CT molecular complexity index is 586. The molecule has 2 aliphatic rings. The van der Waals surface area contributed by atoms with Gasteiger partial charge in [0.15, 0.2) is 5.82 Å². The highest BCUT2D eigenvalue weighted by molar-refractivity contribution is 5.76. The lowest BCUT2D eigenvalue weighted by atomic mass is 9.87. The number of likely N-dealkylation sites (tertiary alicyclic amines) is 1. The van der Waals surface area contributed by atoms with E-state index in [9.17, 15) is 4.79 Å². The summed E-state index contributed by atoms with van der Waals surface area (Å²) in [5, 5.41) is 16.5. The molecule has 0 radical (unpaired) electrons. The summed E-state index contributed by atoms with van der Waals surface area (Å²) < 4.78 is 7.22. The fraction of sp³-hybridized carbons (Fsp3) is 0.889. The quantitative estimate of drug-likeness (QED) is 0.706. The summed E-state index contributed by atoms with van der Waals surface area (Å²) in [7, 11) is 1.72. The first-order valence-electron chi connectivity index (χ1n) is 10.0. The van der Waals surface area contributed by atoms with Crippen LogP contribution < -0.4 is 5.32 Å². The molecular weight excluding hydrogens is 332 g/mol. The average Bonchev–Trinajstić information content (AvgIpc) is 3.36. The summed E-state index contributed by atoms with van der Waals surface area (Å²) in [6.45, 7) is 4.92. The van der Waals surface area contributed by atoms with Gasteiger partial charge < -0.3 is 15.0 Å². The standard InChI is InChI=1S/C18H32N6O2/c1-3-16(25)23-12-6-10-18(14-23,19-11-7-13-26-2)17-20-21-22-24(17)15-8-4-5-9-15/h15,19H,3-14H2,1-2H3. The second-order valence-corrected chi connectivity index (χ2v) is 7.51. The van der Waals surface area contributed by atoms with Gasteiger partial charge in [0.2, 0.25) is 5.91 Å². The Kier molecular flexibility index (Phi) is 6.58. The fourth-order valence-corrected chi connectivity index (χ4v) is 4.35. The lowest BCUT2D eigenvalue weighted by molar-refractivity contribution is -0.133. The van der Waals surface area contributed by atoms with E-state index in [0.717, 1.165) is 51.0 Å². The van der Waals surface area contributed by atoms with Gasteiger partial charge in [0.1, 0.15) is 0 Å². The van der Waals surface area contributed by atoms with Crippen LogP contribution >= 0.6 is 0 Å². The minimum absolute atomic E-state index is 0.202. The van der Waals surface area contributed by atoms with E-state index in [1.54, 1.807) is 7.11 Å². The number of carbonyl (C=O) groups is 1. The summed E-state index contributed by atoms with van der Waals surface area (Å²) in [6.07, 6.45) is 8.10. The van der Waals surface area contributed by atoms with Crippen LogP contribution in [0.2, 0.25) is 0 Å². The first-order valence-corrected chi connectivity index (χ1v) is 10.0. The Balaban J connectivity index is 1.85. The van der Waals surface area contributed by atoms with Gasteiger partial charge in [-0.1, -0.05) is 19.8 Å². The summed E-state index contributed by atoms with van der Waals surface area (Å²) in [5.41, 5.74) is -0.372. The van der Waals surface area contributed by atoms with Crippen LogP contribution in [-0.2, 0) is 15.1 Å². The second-order valence-electron chi connectivity index (χ2n) is 7.51. The van der Waals surface area contributed by atoms with E-state index < -0.39 is 0 Å². The van der Waals surface area contributed by atoms with Crippen molar-refractivity contribution in [2.75, 3.05) is 33.4 Å². The second kappa shape index (κ2) is 8.90. The van der Waals surface area contributed by atoms with Gasteiger partial charge in [-0.25, -0.2) is 4.68 Å². The zero-order chi connectivity index (χ0) is 18.4. The molecule has 1 unspecified atom stereocenters. The van der Waals surface area contributed by atoms with E-state index in [1.165, 1.54) is 12.8 Å². The topological polar surface area (TPSA) is 85.2 Å². The number of rotatable bonds is 8. The molecule has 0 aromatic carbocycles. The van der Waals surface area contributed by atoms with Crippen LogP contribution in [0.4, 0.5) is 0 Å². The Hall–Kier alpha value is -1.54. The van der Waals surface area contributed by atoms with Gasteiger partial charge in [-0.3, -0.25) is 4.79 Å². The predicted molar refractivity (Wildman–Crippen MR) is 97.6 cm³/mol. The number of nitrogens with zero attached hydrogens (tertiary/aromatic N) is 5. The van der Waals surface area contributed by atoms with Gasteiger partial charge in [-0.2, -0.15) is 0 Å². The van der Waals surface area contributed by atoms with Crippen molar-refractivity contribution in [3.63, 3.8) is 0 Å². The third-order valence-electron chi connectivity index (χ3n) is 5.73. The maximum atomic E-state index is 12.4. The number of hydrogen-bond acceptors (Lipinski definition) is 6. The minimum atomic E-state index is -0.372. The van der Waals surface area contributed by atoms with Crippen LogP contribution in [0.3, 0.4) is 0 Å². The molecule has 1 aromatic heterocycles. The maximum Gasteiger partial charge on any atom is 0.222 e. The average molecular weight is 364 g/mol. The van der Waals surface area contributed by atoms with Crippen LogP contribution in [0.5, 0.6) is 0 Å². The zero-order valence-corrected chi connectivity index (χ0v) is 16.1. The molecule has 1 amide bonds. The summed E-state index contributed by atoms with van der Waals surface area (Å²) in [6, 6.07) is 0.384. The molecule has 1 aliphatic heterocycles. The van der Waals surface area contributed by atoms with Crippen LogP contribution in [0, 0.1) is 0 Å². The third kappa shape index (κ3) is 4.06. The van der Waals surface area contributed by atoms with Crippen molar-refractivity contribution in [2.24, 2.45) is 0 Å². The van der Waals surface area contributed by atoms with Crippen LogP contribution in [0.15, 0.2) is 0 Å². The van der Waals surface area contributed by atoms with Crippen molar-refractivity contribution in [1.29, 1.82) is 0 Å². The van der Waals surface area contributed by atoms with Crippen molar-refractivity contribution in [3.05, 3.63) is 5.82 Å². The molecule has 0 spiro atoms. The van der Waals surface area contributed by atoms with E-state index in [1.807, 2.05) is 16.5 Å². The van der Waals surface area contributed by atoms with E-state index >= 15 is 0 Å². The number of aromatic nitrogens is 4. The Labute approximate surface area is 155 Å². The lowest BCUT2D eigenvalue weighted by Crippen LogP contribution is -2.57. The highest BCUT2D eigenvalue weighted by Crippen LogP contribution is 2.35. The SMILES string of the molecule is CCC(=O)N1CCCC(NCCCOC)(c2nnnn2C2CCCC2)C1. The van der Waals surface area contributed by atoms with Crippen molar-refractivity contribution < 1.29 is 9.53 Å². The molecule has 0 bridgehead atoms. The van der Waals surface area contributed by atoms with E-state index in [2.05, 4.69) is 20.8 Å². The molecule has 26 heavy (non-hydrogen) atoms. The smallest absolute Gasteiger partial charge is 0.222 e. The molecule has 1 aliphatic carbocycles. The Morgan fingerprint density at radius 1 is 1.35 bits per heavy atom.